The number of carbonyl (C=O) groups is 1. The number of unbranched alkanes of at least 4 members (excludes halogenated alkanes) is 1. The molecule has 0 unspecified atom stereocenters. The van der Waals surface area contributed by atoms with E-state index in [1.165, 1.54) is 10.9 Å². The lowest BCUT2D eigenvalue weighted by Gasteiger charge is -2.10. The SMILES string of the molecule is C=C1C=C(Cl)N=C(N)c2ncn(CCCCOC(=O)NCc3ccc4c(ccn4CC(C)C)c3)c21. The Bertz CT molecular complexity index is 1300. The Morgan fingerprint density at radius 1 is 1.26 bits per heavy atom. The molecule has 35 heavy (non-hydrogen) atoms. The molecular weight excluding hydrogens is 464 g/mol. The molecule has 0 bridgehead atoms. The van der Waals surface area contributed by atoms with E-state index in [1.807, 2.05) is 10.6 Å². The molecule has 2 aromatic heterocycles. The van der Waals surface area contributed by atoms with Gasteiger partial charge in [0, 0.05) is 31.3 Å². The number of halogens is 1. The highest BCUT2D eigenvalue weighted by Gasteiger charge is 2.19. The number of amidine groups is 1. The Morgan fingerprint density at radius 3 is 2.89 bits per heavy atom. The van der Waals surface area contributed by atoms with Gasteiger partial charge in [-0.1, -0.05) is 38.1 Å². The van der Waals surface area contributed by atoms with Gasteiger partial charge in [-0.3, -0.25) is 0 Å². The lowest BCUT2D eigenvalue weighted by Crippen LogP contribution is -2.24. The molecule has 1 aliphatic rings. The van der Waals surface area contributed by atoms with E-state index in [0.29, 0.717) is 43.3 Å². The Balaban J connectivity index is 1.21. The van der Waals surface area contributed by atoms with Crippen LogP contribution in [0.1, 0.15) is 43.6 Å². The Labute approximate surface area is 210 Å². The van der Waals surface area contributed by atoms with Crippen molar-refractivity contribution >= 4 is 40.0 Å². The fourth-order valence-corrected chi connectivity index (χ4v) is 4.40. The standard InChI is InChI=1S/C26H31ClN6O2/c1-17(2)15-32-10-8-20-13-19(6-7-21(20)32)14-29-26(34)35-11-5-4-9-33-16-30-23-24(33)18(3)12-22(27)31-25(23)28/h6-8,10,12-13,16-17H,3-5,9,11,14-15H2,1-2H3,(H2,28,31)(H,29,34). The number of aryl methyl sites for hydroxylation is 1. The highest BCUT2D eigenvalue weighted by atomic mass is 35.5. The number of benzene rings is 1. The number of amides is 1. The molecule has 0 saturated carbocycles. The van der Waals surface area contributed by atoms with Crippen molar-refractivity contribution in [3.05, 3.63) is 71.6 Å². The third-order valence-electron chi connectivity index (χ3n) is 5.77. The van der Waals surface area contributed by atoms with Crippen molar-refractivity contribution in [1.29, 1.82) is 0 Å². The molecule has 3 N–H and O–H groups in total. The summed E-state index contributed by atoms with van der Waals surface area (Å²) in [5.74, 6) is 0.853. The number of hydrogen-bond donors (Lipinski definition) is 2. The molecule has 1 aliphatic heterocycles. The zero-order valence-corrected chi connectivity index (χ0v) is 20.9. The van der Waals surface area contributed by atoms with E-state index < -0.39 is 6.09 Å². The van der Waals surface area contributed by atoms with E-state index in [1.54, 1.807) is 12.4 Å². The number of hydrogen-bond acceptors (Lipinski definition) is 5. The van der Waals surface area contributed by atoms with Crippen LogP contribution in [0.2, 0.25) is 0 Å². The number of nitrogens with two attached hydrogens (primary N) is 1. The second-order valence-corrected chi connectivity index (χ2v) is 9.46. The van der Waals surface area contributed by atoms with Gasteiger partial charge in [0.05, 0.1) is 18.6 Å². The second kappa shape index (κ2) is 10.8. The molecule has 0 aliphatic carbocycles. The molecule has 3 aromatic rings. The minimum Gasteiger partial charge on any atom is -0.450 e. The second-order valence-electron chi connectivity index (χ2n) is 9.08. The lowest BCUT2D eigenvalue weighted by molar-refractivity contribution is 0.143. The zero-order valence-electron chi connectivity index (χ0n) is 20.1. The number of aliphatic imine (C=N–C) groups is 1. The van der Waals surface area contributed by atoms with Crippen molar-refractivity contribution in [3.63, 3.8) is 0 Å². The average molecular weight is 495 g/mol. The summed E-state index contributed by atoms with van der Waals surface area (Å²) in [7, 11) is 0. The van der Waals surface area contributed by atoms with Gasteiger partial charge in [0.15, 0.2) is 5.84 Å². The third-order valence-corrected chi connectivity index (χ3v) is 5.96. The summed E-state index contributed by atoms with van der Waals surface area (Å²) < 4.78 is 9.57. The molecule has 0 fully saturated rings. The molecular formula is C26H31ClN6O2. The van der Waals surface area contributed by atoms with Crippen molar-refractivity contribution in [2.45, 2.75) is 46.3 Å². The Morgan fingerprint density at radius 2 is 2.09 bits per heavy atom. The summed E-state index contributed by atoms with van der Waals surface area (Å²) in [6.07, 6.45) is 6.58. The van der Waals surface area contributed by atoms with Crippen molar-refractivity contribution in [3.8, 4) is 0 Å². The van der Waals surface area contributed by atoms with Crippen molar-refractivity contribution in [2.75, 3.05) is 6.61 Å². The maximum absolute atomic E-state index is 12.1. The van der Waals surface area contributed by atoms with E-state index in [4.69, 9.17) is 22.1 Å². The summed E-state index contributed by atoms with van der Waals surface area (Å²) in [6.45, 7) is 10.9. The first-order valence-electron chi connectivity index (χ1n) is 11.8. The van der Waals surface area contributed by atoms with Gasteiger partial charge in [-0.15, -0.1) is 0 Å². The number of aromatic nitrogens is 3. The maximum atomic E-state index is 12.1. The van der Waals surface area contributed by atoms with Crippen LogP contribution in [-0.4, -0.2) is 32.7 Å². The van der Waals surface area contributed by atoms with Crippen LogP contribution in [0.25, 0.3) is 16.5 Å². The zero-order chi connectivity index (χ0) is 24.9. The molecule has 9 heteroatoms. The van der Waals surface area contributed by atoms with Crippen LogP contribution in [0, 0.1) is 5.92 Å². The van der Waals surface area contributed by atoms with Crippen LogP contribution in [0.15, 0.2) is 59.6 Å². The van der Waals surface area contributed by atoms with Crippen molar-refractivity contribution < 1.29 is 9.53 Å². The molecule has 184 valence electrons. The highest BCUT2D eigenvalue weighted by molar-refractivity contribution is 6.31. The maximum Gasteiger partial charge on any atom is 0.407 e. The van der Waals surface area contributed by atoms with Gasteiger partial charge in [-0.25, -0.2) is 14.8 Å². The smallest absolute Gasteiger partial charge is 0.407 e. The number of nitrogens with one attached hydrogen (secondary N) is 1. The van der Waals surface area contributed by atoms with E-state index in [2.05, 4.69) is 64.7 Å². The van der Waals surface area contributed by atoms with Crippen molar-refractivity contribution in [1.82, 2.24) is 19.4 Å². The topological polar surface area (TPSA) is 99.5 Å². The summed E-state index contributed by atoms with van der Waals surface area (Å²) >= 11 is 6.03. The van der Waals surface area contributed by atoms with Gasteiger partial charge < -0.3 is 24.9 Å². The van der Waals surface area contributed by atoms with Gasteiger partial charge in [-0.05, 0) is 59.6 Å². The number of rotatable bonds is 9. The number of ether oxygens (including phenoxy) is 1. The first kappa shape index (κ1) is 24.6. The van der Waals surface area contributed by atoms with E-state index in [-0.39, 0.29) is 11.0 Å². The van der Waals surface area contributed by atoms with Crippen LogP contribution in [0.3, 0.4) is 0 Å². The number of nitrogens with zero attached hydrogens (tertiary/aromatic N) is 4. The molecule has 1 amide bonds. The molecule has 0 radical (unpaired) electrons. The largest absolute Gasteiger partial charge is 0.450 e. The first-order chi connectivity index (χ1) is 16.8. The van der Waals surface area contributed by atoms with Gasteiger partial charge >= 0.3 is 6.09 Å². The van der Waals surface area contributed by atoms with Gasteiger partial charge in [0.25, 0.3) is 0 Å². The van der Waals surface area contributed by atoms with Gasteiger partial charge in [0.1, 0.15) is 10.9 Å². The lowest BCUT2D eigenvalue weighted by atomic mass is 10.1. The molecule has 0 atom stereocenters. The molecule has 0 saturated heterocycles. The number of allylic oxidation sites excluding steroid dienone is 2. The summed E-state index contributed by atoms with van der Waals surface area (Å²) in [5.41, 5.74) is 10.3. The summed E-state index contributed by atoms with van der Waals surface area (Å²) in [6, 6.07) is 8.37. The third kappa shape index (κ3) is 5.95. The molecule has 1 aromatic carbocycles. The molecule has 4 rings (SSSR count). The van der Waals surface area contributed by atoms with Gasteiger partial charge in [-0.2, -0.15) is 0 Å². The van der Waals surface area contributed by atoms with E-state index in [0.717, 1.165) is 24.2 Å². The van der Waals surface area contributed by atoms with Crippen LogP contribution < -0.4 is 11.1 Å². The predicted octanol–water partition coefficient (Wildman–Crippen LogP) is 5.01. The van der Waals surface area contributed by atoms with Crippen LogP contribution in [0.4, 0.5) is 4.79 Å². The Hall–Kier alpha value is -3.52. The fraction of sp³-hybridized carbons (Fsp3) is 0.346. The minimum atomic E-state index is -0.420. The highest BCUT2D eigenvalue weighted by Crippen LogP contribution is 2.25. The number of imidazole rings is 1. The molecule has 0 spiro atoms. The van der Waals surface area contributed by atoms with E-state index >= 15 is 0 Å². The minimum absolute atomic E-state index is 0.269. The monoisotopic (exact) mass is 494 g/mol. The Kier molecular flexibility index (Phi) is 7.60. The number of alkyl carbamates (subject to hydrolysis) is 1. The summed E-state index contributed by atoms with van der Waals surface area (Å²) in [5, 5.41) is 4.28. The van der Waals surface area contributed by atoms with E-state index in [9.17, 15) is 4.79 Å². The number of carbonyl (C=O) groups excluding carboxylic acids is 1. The van der Waals surface area contributed by atoms with Gasteiger partial charge in [0.2, 0.25) is 0 Å². The predicted molar refractivity (Wildman–Crippen MR) is 140 cm³/mol. The normalized spacial score (nSPS) is 13.4. The average Bonchev–Trinajstić information content (AvgIpc) is 3.38. The van der Waals surface area contributed by atoms with Crippen LogP contribution in [0.5, 0.6) is 0 Å². The number of fused-ring (bicyclic) bond motifs is 2. The van der Waals surface area contributed by atoms with Crippen LogP contribution >= 0.6 is 11.6 Å². The van der Waals surface area contributed by atoms with Crippen LogP contribution in [-0.2, 0) is 24.4 Å². The molecule has 3 heterocycles. The quantitative estimate of drug-likeness (QED) is 0.322. The van der Waals surface area contributed by atoms with Crippen molar-refractivity contribution in [2.24, 2.45) is 16.6 Å². The first-order valence-corrected chi connectivity index (χ1v) is 12.1. The molecule has 8 nitrogen and oxygen atoms in total. The summed E-state index contributed by atoms with van der Waals surface area (Å²) in [4.78, 5) is 20.6. The fourth-order valence-electron chi connectivity index (χ4n) is 4.17.